The molecular weight excluding hydrogens is 402 g/mol. The Morgan fingerprint density at radius 2 is 2.00 bits per heavy atom. The largest absolute Gasteiger partial charge is 0.487 e. The number of aromatic nitrogens is 3. The topological polar surface area (TPSA) is 121 Å². The summed E-state index contributed by atoms with van der Waals surface area (Å²) < 4.78 is 8.64. The Morgan fingerprint density at radius 3 is 2.81 bits per heavy atom. The molecule has 1 N–H and O–H groups in total. The van der Waals surface area contributed by atoms with Crippen LogP contribution in [-0.4, -0.2) is 24.8 Å². The Morgan fingerprint density at radius 1 is 1.13 bits per heavy atom. The predicted octanol–water partition coefficient (Wildman–Crippen LogP) is 2.62. The summed E-state index contributed by atoms with van der Waals surface area (Å²) in [4.78, 5) is 38.9. The molecule has 10 nitrogen and oxygen atoms in total. The van der Waals surface area contributed by atoms with E-state index in [1.165, 1.54) is 0 Å². The molecule has 3 heterocycles. The number of carbonyl (C=O) groups excluding carboxylic acids is 1. The minimum Gasteiger partial charge on any atom is -0.487 e. The number of pyridine rings is 2. The lowest BCUT2D eigenvalue weighted by Crippen LogP contribution is -2.26. The van der Waals surface area contributed by atoms with Crippen molar-refractivity contribution >= 4 is 22.9 Å². The van der Waals surface area contributed by atoms with Gasteiger partial charge in [-0.2, -0.15) is 0 Å². The van der Waals surface area contributed by atoms with Crippen molar-refractivity contribution < 1.29 is 14.5 Å². The number of hydrogen-bond donors (Lipinski definition) is 1. The summed E-state index contributed by atoms with van der Waals surface area (Å²) in [5.74, 6) is 0.0301. The molecule has 0 aliphatic carbocycles. The summed E-state index contributed by atoms with van der Waals surface area (Å²) in [6.07, 6.45) is 4.81. The number of ether oxygens (including phenoxy) is 1. The van der Waals surface area contributed by atoms with Gasteiger partial charge in [0.1, 0.15) is 24.5 Å². The molecule has 0 aliphatic heterocycles. The molecule has 10 heteroatoms. The van der Waals surface area contributed by atoms with E-state index in [0.29, 0.717) is 11.4 Å². The van der Waals surface area contributed by atoms with Crippen LogP contribution < -0.4 is 15.6 Å². The van der Waals surface area contributed by atoms with Crippen LogP contribution in [0.1, 0.15) is 5.69 Å². The highest BCUT2D eigenvalue weighted by Gasteiger charge is 2.11. The monoisotopic (exact) mass is 419 g/mol. The number of nitrogens with zero attached hydrogens (tertiary/aromatic N) is 4. The lowest BCUT2D eigenvalue weighted by atomic mass is 10.3. The van der Waals surface area contributed by atoms with Crippen LogP contribution in [0.5, 0.6) is 5.75 Å². The zero-order valence-corrected chi connectivity index (χ0v) is 16.2. The Labute approximate surface area is 175 Å². The number of carbonyl (C=O) groups is 1. The van der Waals surface area contributed by atoms with E-state index in [4.69, 9.17) is 4.74 Å². The molecule has 0 fully saturated rings. The minimum atomic E-state index is -0.627. The van der Waals surface area contributed by atoms with Gasteiger partial charge in [0.25, 0.3) is 11.2 Å². The highest BCUT2D eigenvalue weighted by Crippen LogP contribution is 2.19. The molecule has 1 aromatic carbocycles. The molecule has 0 atom stereocenters. The fourth-order valence-electron chi connectivity index (χ4n) is 2.98. The molecule has 0 saturated carbocycles. The van der Waals surface area contributed by atoms with Crippen molar-refractivity contribution in [1.82, 2.24) is 14.0 Å². The van der Waals surface area contributed by atoms with E-state index in [1.807, 2.05) is 35.0 Å². The Bertz CT molecular complexity index is 1290. The number of imidazole rings is 1. The van der Waals surface area contributed by atoms with Crippen LogP contribution in [0.3, 0.4) is 0 Å². The van der Waals surface area contributed by atoms with Crippen LogP contribution in [0.25, 0.3) is 5.65 Å². The van der Waals surface area contributed by atoms with Crippen LogP contribution in [-0.2, 0) is 17.9 Å². The first-order chi connectivity index (χ1) is 15.0. The number of benzene rings is 1. The first kappa shape index (κ1) is 19.8. The van der Waals surface area contributed by atoms with Gasteiger partial charge in [0.05, 0.1) is 16.8 Å². The second-order valence-electron chi connectivity index (χ2n) is 6.67. The first-order valence-electron chi connectivity index (χ1n) is 9.28. The molecule has 4 rings (SSSR count). The summed E-state index contributed by atoms with van der Waals surface area (Å²) in [5, 5.41) is 13.5. The molecule has 0 aliphatic rings. The lowest BCUT2D eigenvalue weighted by Gasteiger charge is -2.09. The second kappa shape index (κ2) is 8.49. The maximum absolute atomic E-state index is 12.3. The number of amides is 1. The summed E-state index contributed by atoms with van der Waals surface area (Å²) in [6.45, 7) is -0.102. The van der Waals surface area contributed by atoms with E-state index < -0.39 is 16.4 Å². The maximum Gasteiger partial charge on any atom is 0.285 e. The number of anilines is 1. The molecule has 0 radical (unpaired) electrons. The summed E-state index contributed by atoms with van der Waals surface area (Å²) in [7, 11) is 0. The van der Waals surface area contributed by atoms with Crippen LogP contribution in [0.15, 0.2) is 78.0 Å². The summed E-state index contributed by atoms with van der Waals surface area (Å²) in [5.41, 5.74) is 1.26. The third kappa shape index (κ3) is 4.75. The second-order valence-corrected chi connectivity index (χ2v) is 6.67. The van der Waals surface area contributed by atoms with E-state index in [0.717, 1.165) is 34.2 Å². The van der Waals surface area contributed by atoms with Crippen molar-refractivity contribution in [3.63, 3.8) is 0 Å². The normalized spacial score (nSPS) is 10.7. The van der Waals surface area contributed by atoms with Crippen molar-refractivity contribution in [3.05, 3.63) is 99.3 Å². The standard InChI is InChI=1S/C21H17N5O5/c27-20(13-25-12-17(26(29)30)7-8-21(25)28)23-15-4-3-5-18(10-15)31-14-16-11-24-9-2-1-6-19(24)22-16/h1-12H,13-14H2,(H,23,27). The van der Waals surface area contributed by atoms with Crippen molar-refractivity contribution in [2.24, 2.45) is 0 Å². The van der Waals surface area contributed by atoms with Crippen molar-refractivity contribution in [3.8, 4) is 5.75 Å². The fourth-order valence-corrected chi connectivity index (χ4v) is 2.98. The highest BCUT2D eigenvalue weighted by molar-refractivity contribution is 5.90. The summed E-state index contributed by atoms with van der Waals surface area (Å²) in [6, 6.07) is 14.6. The van der Waals surface area contributed by atoms with Gasteiger partial charge < -0.3 is 14.5 Å². The first-order valence-corrected chi connectivity index (χ1v) is 9.28. The van der Waals surface area contributed by atoms with Gasteiger partial charge in [-0.1, -0.05) is 12.1 Å². The van der Waals surface area contributed by atoms with Crippen LogP contribution in [0.4, 0.5) is 11.4 Å². The van der Waals surface area contributed by atoms with Gasteiger partial charge in [-0.15, -0.1) is 0 Å². The van der Waals surface area contributed by atoms with E-state index in [1.54, 1.807) is 24.3 Å². The number of fused-ring (bicyclic) bond motifs is 1. The van der Waals surface area contributed by atoms with Crippen LogP contribution in [0.2, 0.25) is 0 Å². The molecule has 0 spiro atoms. The molecule has 3 aromatic heterocycles. The third-order valence-electron chi connectivity index (χ3n) is 4.41. The van der Waals surface area contributed by atoms with Gasteiger partial charge in [0.15, 0.2) is 0 Å². The van der Waals surface area contributed by atoms with Gasteiger partial charge in [-0.05, 0) is 24.3 Å². The van der Waals surface area contributed by atoms with Gasteiger partial charge in [0.2, 0.25) is 5.91 Å². The molecule has 4 aromatic rings. The molecule has 0 saturated heterocycles. The number of nitrogens with one attached hydrogen (secondary N) is 1. The van der Waals surface area contributed by atoms with E-state index in [-0.39, 0.29) is 18.8 Å². The number of hydrogen-bond acceptors (Lipinski definition) is 6. The predicted molar refractivity (Wildman–Crippen MR) is 112 cm³/mol. The smallest absolute Gasteiger partial charge is 0.285 e. The highest BCUT2D eigenvalue weighted by atomic mass is 16.6. The number of nitro groups is 1. The van der Waals surface area contributed by atoms with Crippen LogP contribution >= 0.6 is 0 Å². The van der Waals surface area contributed by atoms with Crippen molar-refractivity contribution in [2.45, 2.75) is 13.2 Å². The molecule has 31 heavy (non-hydrogen) atoms. The van der Waals surface area contributed by atoms with Crippen LogP contribution in [0, 0.1) is 10.1 Å². The number of rotatable bonds is 7. The quantitative estimate of drug-likeness (QED) is 0.363. The molecule has 0 bridgehead atoms. The summed E-state index contributed by atoms with van der Waals surface area (Å²) >= 11 is 0. The molecular formula is C21H17N5O5. The lowest BCUT2D eigenvalue weighted by molar-refractivity contribution is -0.385. The van der Waals surface area contributed by atoms with E-state index in [9.17, 15) is 19.7 Å². The minimum absolute atomic E-state index is 0.252. The van der Waals surface area contributed by atoms with Gasteiger partial charge in [-0.3, -0.25) is 24.3 Å². The van der Waals surface area contributed by atoms with Gasteiger partial charge >= 0.3 is 0 Å². The Kier molecular flexibility index (Phi) is 5.43. The average molecular weight is 419 g/mol. The van der Waals surface area contributed by atoms with Crippen molar-refractivity contribution in [2.75, 3.05) is 5.32 Å². The van der Waals surface area contributed by atoms with Crippen molar-refractivity contribution in [1.29, 1.82) is 0 Å². The Hall–Kier alpha value is -4.47. The molecule has 0 unspecified atom stereocenters. The maximum atomic E-state index is 12.3. The van der Waals surface area contributed by atoms with Gasteiger partial charge in [-0.25, -0.2) is 4.98 Å². The average Bonchev–Trinajstić information content (AvgIpc) is 3.17. The van der Waals surface area contributed by atoms with Gasteiger partial charge in [0, 0.05) is 36.3 Å². The SMILES string of the molecule is O=C(Cn1cc([N+](=O)[O-])ccc1=O)Nc1cccc(OCc2cn3ccccc3n2)c1. The van der Waals surface area contributed by atoms with E-state index >= 15 is 0 Å². The zero-order chi connectivity index (χ0) is 21.8. The fraction of sp³-hybridized carbons (Fsp3) is 0.0952. The Balaban J connectivity index is 1.40. The third-order valence-corrected chi connectivity index (χ3v) is 4.41. The molecule has 156 valence electrons. The molecule has 1 amide bonds. The van der Waals surface area contributed by atoms with E-state index in [2.05, 4.69) is 10.3 Å². The zero-order valence-electron chi connectivity index (χ0n) is 16.2.